The minimum Gasteiger partial charge on any atom is -0.293 e. The molecular weight excluding hydrogens is 174 g/mol. The molecule has 1 rings (SSSR count). The molecule has 1 aromatic rings. The third-order valence-electron chi connectivity index (χ3n) is 2.26. The molecule has 0 unspecified atom stereocenters. The van der Waals surface area contributed by atoms with E-state index in [4.69, 9.17) is 10.8 Å². The molecule has 0 spiro atoms. The fourth-order valence-corrected chi connectivity index (χ4v) is 1.40. The van der Waals surface area contributed by atoms with E-state index in [1.807, 2.05) is 12.1 Å². The topological polar surface area (TPSA) is 52.6 Å². The number of aryl methyl sites for hydroxylation is 1. The number of hydrogen-bond donors (Lipinski definition) is 2. The SMILES string of the molecule is CCCCCc1ccn(C=N)c(=N)c1. The van der Waals surface area contributed by atoms with Crippen molar-refractivity contribution in [1.82, 2.24) is 4.57 Å². The van der Waals surface area contributed by atoms with Crippen LogP contribution in [0.4, 0.5) is 0 Å². The molecule has 3 nitrogen and oxygen atoms in total. The van der Waals surface area contributed by atoms with Gasteiger partial charge in [-0.1, -0.05) is 19.8 Å². The first-order valence-electron chi connectivity index (χ1n) is 5.04. The average molecular weight is 191 g/mol. The number of nitrogens with zero attached hydrogens (tertiary/aromatic N) is 1. The van der Waals surface area contributed by atoms with Crippen molar-refractivity contribution in [2.24, 2.45) is 0 Å². The minimum absolute atomic E-state index is 0.383. The molecule has 0 aliphatic carbocycles. The van der Waals surface area contributed by atoms with Crippen molar-refractivity contribution in [2.75, 3.05) is 0 Å². The van der Waals surface area contributed by atoms with Gasteiger partial charge in [0.15, 0.2) is 0 Å². The van der Waals surface area contributed by atoms with Gasteiger partial charge in [-0.25, -0.2) is 0 Å². The van der Waals surface area contributed by atoms with Crippen molar-refractivity contribution in [3.05, 3.63) is 29.4 Å². The molecule has 0 amide bonds. The molecule has 0 aliphatic heterocycles. The summed E-state index contributed by atoms with van der Waals surface area (Å²) in [6.07, 6.45) is 7.62. The molecule has 1 heterocycles. The van der Waals surface area contributed by atoms with Crippen molar-refractivity contribution in [3.63, 3.8) is 0 Å². The second kappa shape index (κ2) is 5.37. The molecule has 0 atom stereocenters. The largest absolute Gasteiger partial charge is 0.293 e. The summed E-state index contributed by atoms with van der Waals surface area (Å²) in [7, 11) is 0. The van der Waals surface area contributed by atoms with E-state index in [1.165, 1.54) is 29.4 Å². The highest BCUT2D eigenvalue weighted by Crippen LogP contribution is 2.03. The molecule has 14 heavy (non-hydrogen) atoms. The number of aromatic nitrogens is 1. The summed E-state index contributed by atoms with van der Waals surface area (Å²) in [5.74, 6) is 0. The molecule has 0 aromatic carbocycles. The molecule has 0 aliphatic rings. The summed E-state index contributed by atoms with van der Waals surface area (Å²) < 4.78 is 1.49. The Labute approximate surface area is 84.4 Å². The maximum absolute atomic E-state index is 7.60. The molecule has 3 heteroatoms. The van der Waals surface area contributed by atoms with E-state index in [1.54, 1.807) is 6.20 Å². The van der Waals surface area contributed by atoms with Crippen molar-refractivity contribution in [3.8, 4) is 0 Å². The minimum atomic E-state index is 0.383. The molecule has 0 saturated heterocycles. The molecule has 0 fully saturated rings. The zero-order valence-electron chi connectivity index (χ0n) is 8.59. The Morgan fingerprint density at radius 2 is 2.21 bits per heavy atom. The van der Waals surface area contributed by atoms with E-state index in [2.05, 4.69) is 6.92 Å². The van der Waals surface area contributed by atoms with Gasteiger partial charge < -0.3 is 0 Å². The second-order valence-electron chi connectivity index (χ2n) is 3.41. The van der Waals surface area contributed by atoms with Crippen LogP contribution >= 0.6 is 0 Å². The van der Waals surface area contributed by atoms with Gasteiger partial charge in [-0.15, -0.1) is 0 Å². The van der Waals surface area contributed by atoms with E-state index in [0.717, 1.165) is 12.8 Å². The molecule has 0 radical (unpaired) electrons. The van der Waals surface area contributed by atoms with E-state index in [-0.39, 0.29) is 0 Å². The molecule has 0 saturated carbocycles. The molecular formula is C11H17N3. The number of pyridine rings is 1. The summed E-state index contributed by atoms with van der Waals surface area (Å²) in [4.78, 5) is 0. The number of nitrogens with one attached hydrogen (secondary N) is 2. The van der Waals surface area contributed by atoms with Gasteiger partial charge in [-0.05, 0) is 30.5 Å². The van der Waals surface area contributed by atoms with Crippen molar-refractivity contribution in [1.29, 1.82) is 10.8 Å². The smallest absolute Gasteiger partial charge is 0.130 e. The summed E-state index contributed by atoms with van der Waals surface area (Å²) in [5.41, 5.74) is 1.58. The highest BCUT2D eigenvalue weighted by molar-refractivity contribution is 5.53. The summed E-state index contributed by atoms with van der Waals surface area (Å²) >= 11 is 0. The van der Waals surface area contributed by atoms with E-state index in [9.17, 15) is 0 Å². The van der Waals surface area contributed by atoms with Gasteiger partial charge in [0.25, 0.3) is 0 Å². The van der Waals surface area contributed by atoms with Crippen LogP contribution in [-0.4, -0.2) is 10.9 Å². The maximum Gasteiger partial charge on any atom is 0.130 e. The monoisotopic (exact) mass is 191 g/mol. The van der Waals surface area contributed by atoms with Gasteiger partial charge in [0.1, 0.15) is 5.49 Å². The Balaban J connectivity index is 2.67. The number of unbranched alkanes of at least 4 members (excludes halogenated alkanes) is 2. The first kappa shape index (κ1) is 10.7. The predicted molar refractivity (Wildman–Crippen MR) is 57.7 cm³/mol. The van der Waals surface area contributed by atoms with Gasteiger partial charge in [-0.2, -0.15) is 0 Å². The van der Waals surface area contributed by atoms with Crippen LogP contribution in [0, 0.1) is 10.8 Å². The lowest BCUT2D eigenvalue weighted by Crippen LogP contribution is -2.18. The second-order valence-corrected chi connectivity index (χ2v) is 3.41. The van der Waals surface area contributed by atoms with Crippen molar-refractivity contribution < 1.29 is 0 Å². The van der Waals surface area contributed by atoms with E-state index < -0.39 is 0 Å². The average Bonchev–Trinajstić information content (AvgIpc) is 2.18. The quantitative estimate of drug-likeness (QED) is 0.407. The molecule has 1 aromatic heterocycles. The van der Waals surface area contributed by atoms with Crippen LogP contribution < -0.4 is 5.49 Å². The highest BCUT2D eigenvalue weighted by Gasteiger charge is 1.94. The third kappa shape index (κ3) is 2.83. The van der Waals surface area contributed by atoms with Gasteiger partial charge in [0, 0.05) is 6.20 Å². The van der Waals surface area contributed by atoms with Gasteiger partial charge in [-0.3, -0.25) is 15.4 Å². The van der Waals surface area contributed by atoms with Crippen LogP contribution in [0.25, 0.3) is 0 Å². The standard InChI is InChI=1S/C11H17N3/c1-2-3-4-5-10-6-7-14(9-12)11(13)8-10/h6-9,12-13H,2-5H2,1H3. The molecule has 0 bridgehead atoms. The summed E-state index contributed by atoms with van der Waals surface area (Å²) in [6.45, 7) is 2.18. The van der Waals surface area contributed by atoms with Gasteiger partial charge in [0.2, 0.25) is 0 Å². The van der Waals surface area contributed by atoms with Gasteiger partial charge >= 0.3 is 0 Å². The van der Waals surface area contributed by atoms with Crippen LogP contribution in [-0.2, 0) is 6.42 Å². The lowest BCUT2D eigenvalue weighted by molar-refractivity contribution is 0.715. The Morgan fingerprint density at radius 1 is 1.43 bits per heavy atom. The Kier molecular flexibility index (Phi) is 4.11. The van der Waals surface area contributed by atoms with Crippen LogP contribution in [0.1, 0.15) is 31.7 Å². The highest BCUT2D eigenvalue weighted by atomic mass is 15.0. The zero-order valence-corrected chi connectivity index (χ0v) is 8.59. The van der Waals surface area contributed by atoms with E-state index in [0.29, 0.717) is 5.49 Å². The summed E-state index contributed by atoms with van der Waals surface area (Å²) in [5, 5.41) is 14.6. The number of rotatable bonds is 5. The zero-order chi connectivity index (χ0) is 10.4. The van der Waals surface area contributed by atoms with Crippen LogP contribution in [0.5, 0.6) is 0 Å². The lowest BCUT2D eigenvalue weighted by Gasteiger charge is -2.02. The fraction of sp³-hybridized carbons (Fsp3) is 0.455. The Hall–Kier alpha value is -1.38. The predicted octanol–water partition coefficient (Wildman–Crippen LogP) is 2.16. The number of hydrogen-bond acceptors (Lipinski definition) is 2. The normalized spacial score (nSPS) is 10.1. The van der Waals surface area contributed by atoms with Crippen molar-refractivity contribution >= 4 is 6.34 Å². The van der Waals surface area contributed by atoms with Crippen LogP contribution in [0.15, 0.2) is 18.3 Å². The maximum atomic E-state index is 7.60. The lowest BCUT2D eigenvalue weighted by atomic mass is 10.1. The van der Waals surface area contributed by atoms with Crippen LogP contribution in [0.2, 0.25) is 0 Å². The summed E-state index contributed by atoms with van der Waals surface area (Å²) in [6, 6.07) is 3.82. The Bertz CT molecular complexity index is 352. The fourth-order valence-electron chi connectivity index (χ4n) is 1.40. The Morgan fingerprint density at radius 3 is 2.79 bits per heavy atom. The van der Waals surface area contributed by atoms with Crippen LogP contribution in [0.3, 0.4) is 0 Å². The van der Waals surface area contributed by atoms with E-state index >= 15 is 0 Å². The molecule has 2 N–H and O–H groups in total. The first-order chi connectivity index (χ1) is 6.77. The third-order valence-corrected chi connectivity index (χ3v) is 2.26. The first-order valence-corrected chi connectivity index (χ1v) is 5.04. The van der Waals surface area contributed by atoms with Crippen molar-refractivity contribution in [2.45, 2.75) is 32.6 Å². The van der Waals surface area contributed by atoms with Gasteiger partial charge in [0.05, 0.1) is 6.34 Å². The molecule has 76 valence electrons.